The molecule has 3 N–H and O–H groups in total. The van der Waals surface area contributed by atoms with Crippen LogP contribution in [0.25, 0.3) is 0 Å². The second kappa shape index (κ2) is 6.44. The zero-order chi connectivity index (χ0) is 12.8. The van der Waals surface area contributed by atoms with Gasteiger partial charge in [-0.15, -0.1) is 0 Å². The molecule has 6 heteroatoms. The Hall–Kier alpha value is -1.30. The number of rotatable bonds is 7. The van der Waals surface area contributed by atoms with E-state index >= 15 is 0 Å². The van der Waals surface area contributed by atoms with E-state index in [-0.39, 0.29) is 12.6 Å². The third-order valence-electron chi connectivity index (χ3n) is 2.70. The van der Waals surface area contributed by atoms with Crippen LogP contribution >= 0.6 is 0 Å². The lowest BCUT2D eigenvalue weighted by atomic mass is 10.2. The molecule has 1 aliphatic rings. The predicted molar refractivity (Wildman–Crippen MR) is 61.8 cm³/mol. The number of nitrogens with one attached hydrogen (secondary N) is 2. The van der Waals surface area contributed by atoms with Crippen molar-refractivity contribution >= 4 is 12.0 Å². The SMILES string of the molecule is COCC(NC(=O)NC(C)CC1CC1)C(=O)O. The molecular formula is C11H20N2O4. The van der Waals surface area contributed by atoms with Gasteiger partial charge in [-0.2, -0.15) is 0 Å². The normalized spacial score (nSPS) is 18.2. The Morgan fingerprint density at radius 1 is 1.41 bits per heavy atom. The first-order valence-corrected chi connectivity index (χ1v) is 5.81. The number of carbonyl (C=O) groups excluding carboxylic acids is 1. The highest BCUT2D eigenvalue weighted by molar-refractivity contribution is 5.82. The van der Waals surface area contributed by atoms with Gasteiger partial charge < -0.3 is 20.5 Å². The van der Waals surface area contributed by atoms with Crippen molar-refractivity contribution < 1.29 is 19.4 Å². The number of carbonyl (C=O) groups is 2. The van der Waals surface area contributed by atoms with Crippen molar-refractivity contribution in [3.63, 3.8) is 0 Å². The van der Waals surface area contributed by atoms with Crippen molar-refractivity contribution in [1.82, 2.24) is 10.6 Å². The van der Waals surface area contributed by atoms with E-state index in [2.05, 4.69) is 10.6 Å². The molecule has 2 atom stereocenters. The van der Waals surface area contributed by atoms with Gasteiger partial charge in [-0.25, -0.2) is 9.59 Å². The van der Waals surface area contributed by atoms with Gasteiger partial charge in [0, 0.05) is 13.2 Å². The standard InChI is InChI=1S/C11H20N2O4/c1-7(5-8-3-4-8)12-11(16)13-9(6-17-2)10(14)15/h7-9H,3-6H2,1-2H3,(H,14,15)(H2,12,13,16). The summed E-state index contributed by atoms with van der Waals surface area (Å²) in [6.07, 6.45) is 3.42. The Morgan fingerprint density at radius 3 is 2.53 bits per heavy atom. The van der Waals surface area contributed by atoms with Gasteiger partial charge in [0.15, 0.2) is 6.04 Å². The molecule has 0 heterocycles. The summed E-state index contributed by atoms with van der Waals surface area (Å²) >= 11 is 0. The predicted octanol–water partition coefficient (Wildman–Crippen LogP) is 0.574. The lowest BCUT2D eigenvalue weighted by Crippen LogP contribution is -2.50. The summed E-state index contributed by atoms with van der Waals surface area (Å²) in [4.78, 5) is 22.3. The Kier molecular flexibility index (Phi) is 5.21. The van der Waals surface area contributed by atoms with E-state index in [0.29, 0.717) is 0 Å². The fourth-order valence-corrected chi connectivity index (χ4v) is 1.68. The van der Waals surface area contributed by atoms with E-state index in [1.54, 1.807) is 0 Å². The van der Waals surface area contributed by atoms with E-state index in [0.717, 1.165) is 12.3 Å². The Morgan fingerprint density at radius 2 is 2.06 bits per heavy atom. The lowest BCUT2D eigenvalue weighted by molar-refractivity contribution is -0.140. The number of ether oxygens (including phenoxy) is 1. The first-order valence-electron chi connectivity index (χ1n) is 5.81. The van der Waals surface area contributed by atoms with Gasteiger partial charge in [-0.05, 0) is 19.3 Å². The van der Waals surface area contributed by atoms with Crippen LogP contribution in [0, 0.1) is 5.92 Å². The molecule has 1 rings (SSSR count). The van der Waals surface area contributed by atoms with E-state index in [4.69, 9.17) is 9.84 Å². The minimum absolute atomic E-state index is 0.0419. The Balaban J connectivity index is 2.27. The molecule has 0 aliphatic heterocycles. The zero-order valence-electron chi connectivity index (χ0n) is 10.2. The third-order valence-corrected chi connectivity index (χ3v) is 2.70. The Bertz CT molecular complexity index is 279. The highest BCUT2D eigenvalue weighted by Crippen LogP contribution is 2.33. The van der Waals surface area contributed by atoms with Crippen LogP contribution in [0.1, 0.15) is 26.2 Å². The highest BCUT2D eigenvalue weighted by atomic mass is 16.5. The number of hydrogen-bond donors (Lipinski definition) is 3. The molecule has 1 saturated carbocycles. The average Bonchev–Trinajstić information content (AvgIpc) is 3.00. The average molecular weight is 244 g/mol. The lowest BCUT2D eigenvalue weighted by Gasteiger charge is -2.17. The van der Waals surface area contributed by atoms with Crippen LogP contribution in [0.5, 0.6) is 0 Å². The highest BCUT2D eigenvalue weighted by Gasteiger charge is 2.25. The van der Waals surface area contributed by atoms with Gasteiger partial charge in [0.1, 0.15) is 0 Å². The molecule has 1 aliphatic carbocycles. The molecule has 0 bridgehead atoms. The van der Waals surface area contributed by atoms with Crippen molar-refractivity contribution in [2.75, 3.05) is 13.7 Å². The number of hydrogen-bond acceptors (Lipinski definition) is 3. The molecule has 17 heavy (non-hydrogen) atoms. The summed E-state index contributed by atoms with van der Waals surface area (Å²) in [5, 5.41) is 13.9. The molecule has 0 radical (unpaired) electrons. The second-order valence-corrected chi connectivity index (χ2v) is 4.54. The summed E-state index contributed by atoms with van der Waals surface area (Å²) in [5.41, 5.74) is 0. The maximum atomic E-state index is 11.5. The van der Waals surface area contributed by atoms with Crippen LogP contribution in [0.15, 0.2) is 0 Å². The van der Waals surface area contributed by atoms with Crippen LogP contribution in [-0.4, -0.2) is 42.9 Å². The smallest absolute Gasteiger partial charge is 0.328 e. The molecule has 2 unspecified atom stereocenters. The maximum Gasteiger partial charge on any atom is 0.328 e. The quantitative estimate of drug-likeness (QED) is 0.611. The molecule has 0 spiro atoms. The fourth-order valence-electron chi connectivity index (χ4n) is 1.68. The van der Waals surface area contributed by atoms with Crippen LogP contribution < -0.4 is 10.6 Å². The molecule has 0 aromatic heterocycles. The molecule has 0 aromatic rings. The van der Waals surface area contributed by atoms with Crippen LogP contribution in [0.3, 0.4) is 0 Å². The van der Waals surface area contributed by atoms with Crippen LogP contribution in [0.4, 0.5) is 4.79 Å². The number of amides is 2. The van der Waals surface area contributed by atoms with E-state index in [1.807, 2.05) is 6.92 Å². The van der Waals surface area contributed by atoms with Gasteiger partial charge in [0.25, 0.3) is 0 Å². The van der Waals surface area contributed by atoms with Gasteiger partial charge in [-0.3, -0.25) is 0 Å². The minimum atomic E-state index is -1.10. The van der Waals surface area contributed by atoms with Crippen molar-refractivity contribution in [1.29, 1.82) is 0 Å². The monoisotopic (exact) mass is 244 g/mol. The van der Waals surface area contributed by atoms with Crippen LogP contribution in [0.2, 0.25) is 0 Å². The largest absolute Gasteiger partial charge is 0.480 e. The molecule has 1 fully saturated rings. The third kappa shape index (κ3) is 5.53. The van der Waals surface area contributed by atoms with Gasteiger partial charge in [-0.1, -0.05) is 12.8 Å². The van der Waals surface area contributed by atoms with Gasteiger partial charge in [0.2, 0.25) is 0 Å². The first-order chi connectivity index (χ1) is 8.02. The Labute approximate surface area is 101 Å². The van der Waals surface area contributed by atoms with E-state index < -0.39 is 18.0 Å². The number of methoxy groups -OCH3 is 1. The van der Waals surface area contributed by atoms with E-state index in [9.17, 15) is 9.59 Å². The topological polar surface area (TPSA) is 87.7 Å². The summed E-state index contributed by atoms with van der Waals surface area (Å²) in [6, 6.07) is -1.39. The summed E-state index contributed by atoms with van der Waals surface area (Å²) in [5.74, 6) is -0.378. The summed E-state index contributed by atoms with van der Waals surface area (Å²) in [6.45, 7) is 1.88. The molecule has 6 nitrogen and oxygen atoms in total. The maximum absolute atomic E-state index is 11.5. The number of carboxylic acid groups (broad SMARTS) is 1. The summed E-state index contributed by atoms with van der Waals surface area (Å²) < 4.78 is 4.72. The van der Waals surface area contributed by atoms with Crippen molar-refractivity contribution in [3.05, 3.63) is 0 Å². The first kappa shape index (κ1) is 13.8. The van der Waals surface area contributed by atoms with Crippen LogP contribution in [-0.2, 0) is 9.53 Å². The fraction of sp³-hybridized carbons (Fsp3) is 0.818. The molecule has 0 aromatic carbocycles. The van der Waals surface area contributed by atoms with Crippen molar-refractivity contribution in [3.8, 4) is 0 Å². The minimum Gasteiger partial charge on any atom is -0.480 e. The number of urea groups is 1. The van der Waals surface area contributed by atoms with E-state index in [1.165, 1.54) is 20.0 Å². The van der Waals surface area contributed by atoms with Gasteiger partial charge in [0.05, 0.1) is 6.61 Å². The van der Waals surface area contributed by atoms with Gasteiger partial charge >= 0.3 is 12.0 Å². The second-order valence-electron chi connectivity index (χ2n) is 4.54. The molecule has 2 amide bonds. The number of carboxylic acids is 1. The molecule has 0 saturated heterocycles. The van der Waals surface area contributed by atoms with Crippen molar-refractivity contribution in [2.45, 2.75) is 38.3 Å². The number of aliphatic carboxylic acids is 1. The molecule has 98 valence electrons. The van der Waals surface area contributed by atoms with Crippen molar-refractivity contribution in [2.24, 2.45) is 5.92 Å². The zero-order valence-corrected chi connectivity index (χ0v) is 10.2. The summed E-state index contributed by atoms with van der Waals surface area (Å²) in [7, 11) is 1.39. The molecular weight excluding hydrogens is 224 g/mol.